The number of anilines is 1. The maximum atomic E-state index is 12.4. The summed E-state index contributed by atoms with van der Waals surface area (Å²) in [6.45, 7) is 4.96. The molecule has 0 aromatic heterocycles. The van der Waals surface area contributed by atoms with E-state index in [0.717, 1.165) is 5.56 Å². The average Bonchev–Trinajstić information content (AvgIpc) is 2.49. The number of rotatable bonds is 5. The molecule has 2 rings (SSSR count). The second-order valence-electron chi connectivity index (χ2n) is 5.65. The van der Waals surface area contributed by atoms with Gasteiger partial charge in [-0.3, -0.25) is 4.72 Å². The summed E-state index contributed by atoms with van der Waals surface area (Å²) in [6, 6.07) is 10.3. The van der Waals surface area contributed by atoms with Crippen molar-refractivity contribution in [2.45, 2.75) is 35.8 Å². The first-order valence-electron chi connectivity index (χ1n) is 7.17. The minimum absolute atomic E-state index is 0.0171. The number of sulfone groups is 1. The van der Waals surface area contributed by atoms with E-state index in [1.807, 2.05) is 6.92 Å². The fourth-order valence-electron chi connectivity index (χ4n) is 1.95. The van der Waals surface area contributed by atoms with Gasteiger partial charge in [-0.1, -0.05) is 29.3 Å². The Morgan fingerprint density at radius 2 is 1.46 bits per heavy atom. The van der Waals surface area contributed by atoms with E-state index in [0.29, 0.717) is 0 Å². The van der Waals surface area contributed by atoms with Gasteiger partial charge in [-0.15, -0.1) is 0 Å². The van der Waals surface area contributed by atoms with Crippen molar-refractivity contribution in [1.82, 2.24) is 0 Å². The summed E-state index contributed by atoms with van der Waals surface area (Å²) in [5, 5.41) is -0.506. The molecule has 2 aromatic rings. The standard InChI is InChI=1S/C16H18ClNO4S2/c1-11(2)23(19,20)14-8-9-15(17)16(10-14)18-24(21,22)13-6-4-12(3)5-7-13/h4-11,18H,1-3H3. The highest BCUT2D eigenvalue weighted by atomic mass is 35.5. The molecule has 0 heterocycles. The van der Waals surface area contributed by atoms with Crippen LogP contribution >= 0.6 is 11.6 Å². The van der Waals surface area contributed by atoms with E-state index in [9.17, 15) is 16.8 Å². The van der Waals surface area contributed by atoms with Gasteiger partial charge >= 0.3 is 0 Å². The van der Waals surface area contributed by atoms with Crippen molar-refractivity contribution >= 4 is 37.1 Å². The number of aryl methyl sites for hydroxylation is 1. The Morgan fingerprint density at radius 1 is 0.917 bits per heavy atom. The van der Waals surface area contributed by atoms with Crippen molar-refractivity contribution in [1.29, 1.82) is 0 Å². The average molecular weight is 388 g/mol. The molecule has 0 fully saturated rings. The van der Waals surface area contributed by atoms with Gasteiger partial charge < -0.3 is 0 Å². The second kappa shape index (κ2) is 6.74. The zero-order chi connectivity index (χ0) is 18.1. The quantitative estimate of drug-likeness (QED) is 0.849. The topological polar surface area (TPSA) is 80.3 Å². The number of hydrogen-bond acceptors (Lipinski definition) is 4. The van der Waals surface area contributed by atoms with Crippen molar-refractivity contribution < 1.29 is 16.8 Å². The molecule has 0 aliphatic heterocycles. The summed E-state index contributed by atoms with van der Waals surface area (Å²) in [4.78, 5) is 0.0878. The third-order valence-corrected chi connectivity index (χ3v) is 7.33. The third-order valence-electron chi connectivity index (χ3n) is 3.46. The lowest BCUT2D eigenvalue weighted by Crippen LogP contribution is -2.16. The fourth-order valence-corrected chi connectivity index (χ4v) is 4.33. The van der Waals surface area contributed by atoms with E-state index in [4.69, 9.17) is 11.6 Å². The smallest absolute Gasteiger partial charge is 0.261 e. The van der Waals surface area contributed by atoms with Gasteiger partial charge in [-0.25, -0.2) is 16.8 Å². The van der Waals surface area contributed by atoms with Crippen molar-refractivity contribution in [3.05, 3.63) is 53.1 Å². The molecule has 0 unspecified atom stereocenters. The highest BCUT2D eigenvalue weighted by Gasteiger charge is 2.22. The maximum absolute atomic E-state index is 12.4. The van der Waals surface area contributed by atoms with Gasteiger partial charge in [0.05, 0.1) is 25.8 Å². The summed E-state index contributed by atoms with van der Waals surface area (Å²) >= 11 is 6.02. The van der Waals surface area contributed by atoms with Crippen LogP contribution in [0.15, 0.2) is 52.3 Å². The van der Waals surface area contributed by atoms with Crippen molar-refractivity contribution in [3.8, 4) is 0 Å². The van der Waals surface area contributed by atoms with E-state index in [1.54, 1.807) is 26.0 Å². The second-order valence-corrected chi connectivity index (χ2v) is 10.2. The van der Waals surface area contributed by atoms with Crippen LogP contribution in [0.2, 0.25) is 5.02 Å². The number of sulfonamides is 1. The highest BCUT2D eigenvalue weighted by molar-refractivity contribution is 7.93. The zero-order valence-electron chi connectivity index (χ0n) is 13.4. The molecule has 0 radical (unpaired) electrons. The van der Waals surface area contributed by atoms with Gasteiger partial charge in [0.2, 0.25) is 0 Å². The lowest BCUT2D eigenvalue weighted by Gasteiger charge is -2.13. The number of hydrogen-bond donors (Lipinski definition) is 1. The van der Waals surface area contributed by atoms with Crippen molar-refractivity contribution in [2.75, 3.05) is 4.72 Å². The third kappa shape index (κ3) is 3.91. The minimum atomic E-state index is -3.86. The van der Waals surface area contributed by atoms with E-state index >= 15 is 0 Å². The molecule has 1 N–H and O–H groups in total. The van der Waals surface area contributed by atoms with Gasteiger partial charge in [0, 0.05) is 0 Å². The molecule has 0 saturated heterocycles. The van der Waals surface area contributed by atoms with Gasteiger partial charge in [-0.2, -0.15) is 0 Å². The van der Waals surface area contributed by atoms with Crippen LogP contribution in [0, 0.1) is 6.92 Å². The van der Waals surface area contributed by atoms with Crippen LogP contribution < -0.4 is 4.72 Å². The Balaban J connectivity index is 2.44. The van der Waals surface area contributed by atoms with E-state index < -0.39 is 25.1 Å². The molecule has 0 spiro atoms. The number of nitrogens with one attached hydrogen (secondary N) is 1. The van der Waals surface area contributed by atoms with Crippen molar-refractivity contribution in [3.63, 3.8) is 0 Å². The fraction of sp³-hybridized carbons (Fsp3) is 0.250. The van der Waals surface area contributed by atoms with E-state index in [2.05, 4.69) is 4.72 Å². The van der Waals surface area contributed by atoms with Crippen molar-refractivity contribution in [2.24, 2.45) is 0 Å². The Labute approximate surface area is 147 Å². The molecule has 2 aromatic carbocycles. The summed E-state index contributed by atoms with van der Waals surface area (Å²) in [7, 11) is -7.40. The van der Waals surface area contributed by atoms with Gasteiger partial charge in [0.1, 0.15) is 0 Å². The predicted molar refractivity (Wildman–Crippen MR) is 95.8 cm³/mol. The maximum Gasteiger partial charge on any atom is 0.261 e. The summed E-state index contributed by atoms with van der Waals surface area (Å²) in [5.41, 5.74) is 0.955. The summed E-state index contributed by atoms with van der Waals surface area (Å²) in [6.07, 6.45) is 0. The first-order chi connectivity index (χ1) is 11.0. The Hall–Kier alpha value is -1.57. The lowest BCUT2D eigenvalue weighted by atomic mass is 10.2. The van der Waals surface area contributed by atoms with E-state index in [1.165, 1.54) is 30.3 Å². The molecule has 24 heavy (non-hydrogen) atoms. The first kappa shape index (κ1) is 18.8. The monoisotopic (exact) mass is 387 g/mol. The molecule has 5 nitrogen and oxygen atoms in total. The Morgan fingerprint density at radius 3 is 2.00 bits per heavy atom. The molecule has 130 valence electrons. The largest absolute Gasteiger partial charge is 0.278 e. The molecule has 0 bridgehead atoms. The molecule has 8 heteroatoms. The molecule has 0 saturated carbocycles. The molecule has 0 amide bonds. The van der Waals surface area contributed by atoms with Crippen LogP contribution in [0.5, 0.6) is 0 Å². The lowest BCUT2D eigenvalue weighted by molar-refractivity contribution is 0.587. The molecule has 0 aliphatic carbocycles. The van der Waals surface area contributed by atoms with Gasteiger partial charge in [0.25, 0.3) is 10.0 Å². The first-order valence-corrected chi connectivity index (χ1v) is 10.6. The molecular weight excluding hydrogens is 370 g/mol. The molecule has 0 atom stereocenters. The minimum Gasteiger partial charge on any atom is -0.278 e. The zero-order valence-corrected chi connectivity index (χ0v) is 15.8. The number of halogens is 1. The normalized spacial score (nSPS) is 12.4. The van der Waals surface area contributed by atoms with E-state index in [-0.39, 0.29) is 20.5 Å². The van der Waals surface area contributed by atoms with Crippen LogP contribution in [-0.4, -0.2) is 22.1 Å². The summed E-state index contributed by atoms with van der Waals surface area (Å²) in [5.74, 6) is 0. The van der Waals surface area contributed by atoms with Crippen LogP contribution in [0.25, 0.3) is 0 Å². The Bertz CT molecular complexity index is 950. The van der Waals surface area contributed by atoms with Crippen LogP contribution in [0.4, 0.5) is 5.69 Å². The SMILES string of the molecule is Cc1ccc(S(=O)(=O)Nc2cc(S(=O)(=O)C(C)C)ccc2Cl)cc1. The van der Waals surface area contributed by atoms with Crippen LogP contribution in [-0.2, 0) is 19.9 Å². The highest BCUT2D eigenvalue weighted by Crippen LogP contribution is 2.29. The van der Waals surface area contributed by atoms with Crippen LogP contribution in [0.3, 0.4) is 0 Å². The van der Waals surface area contributed by atoms with Gasteiger partial charge in [0.15, 0.2) is 9.84 Å². The predicted octanol–water partition coefficient (Wildman–Crippen LogP) is 3.63. The Kier molecular flexibility index (Phi) is 5.27. The summed E-state index contributed by atoms with van der Waals surface area (Å²) < 4.78 is 51.7. The van der Waals surface area contributed by atoms with Gasteiger partial charge in [-0.05, 0) is 51.1 Å². The molecule has 0 aliphatic rings. The molecular formula is C16H18ClNO4S2. The van der Waals surface area contributed by atoms with Crippen LogP contribution in [0.1, 0.15) is 19.4 Å². The number of benzene rings is 2.